The number of ether oxygens (including phenoxy) is 1. The predicted molar refractivity (Wildman–Crippen MR) is 75.7 cm³/mol. The molecule has 3 nitrogen and oxygen atoms in total. The Bertz CT molecular complexity index is 418. The molecule has 0 aliphatic heterocycles. The van der Waals surface area contributed by atoms with E-state index in [1.807, 2.05) is 19.1 Å². The smallest absolute Gasteiger partial charge is 0.324 e. The highest BCUT2D eigenvalue weighted by Crippen LogP contribution is 2.44. The zero-order chi connectivity index (χ0) is 14.5. The summed E-state index contributed by atoms with van der Waals surface area (Å²) in [5.41, 5.74) is 0.795. The van der Waals surface area contributed by atoms with Crippen molar-refractivity contribution < 1.29 is 14.3 Å². The summed E-state index contributed by atoms with van der Waals surface area (Å²) < 4.78 is 5.14. The number of allylic oxidation sites excluding steroid dienone is 3. The summed E-state index contributed by atoms with van der Waals surface area (Å²) in [6, 6.07) is 0. The van der Waals surface area contributed by atoms with E-state index in [9.17, 15) is 9.59 Å². The van der Waals surface area contributed by atoms with Crippen molar-refractivity contribution in [2.45, 2.75) is 53.4 Å². The number of hydrogen-bond donors (Lipinski definition) is 0. The van der Waals surface area contributed by atoms with Gasteiger partial charge in [-0.15, -0.1) is 0 Å². The van der Waals surface area contributed by atoms with Gasteiger partial charge in [-0.3, -0.25) is 9.59 Å². The first kappa shape index (κ1) is 15.7. The molecular weight excluding hydrogens is 240 g/mol. The fourth-order valence-corrected chi connectivity index (χ4v) is 2.57. The molecule has 106 valence electrons. The van der Waals surface area contributed by atoms with E-state index in [1.165, 1.54) is 6.92 Å². The summed E-state index contributed by atoms with van der Waals surface area (Å²) in [6.07, 6.45) is 7.50. The van der Waals surface area contributed by atoms with Gasteiger partial charge in [-0.2, -0.15) is 0 Å². The first-order chi connectivity index (χ1) is 8.98. The number of carbonyl (C=O) groups is 2. The Morgan fingerprint density at radius 3 is 2.63 bits per heavy atom. The van der Waals surface area contributed by atoms with Crippen LogP contribution < -0.4 is 0 Å². The Morgan fingerprint density at radius 2 is 2.11 bits per heavy atom. The molecule has 0 aromatic rings. The van der Waals surface area contributed by atoms with Gasteiger partial charge < -0.3 is 4.74 Å². The third-order valence-corrected chi connectivity index (χ3v) is 3.59. The van der Waals surface area contributed by atoms with Crippen molar-refractivity contribution in [3.05, 3.63) is 23.3 Å². The van der Waals surface area contributed by atoms with E-state index in [-0.39, 0.29) is 5.78 Å². The fraction of sp³-hybridized carbons (Fsp3) is 0.625. The Morgan fingerprint density at radius 1 is 1.42 bits per heavy atom. The predicted octanol–water partition coefficient (Wildman–Crippen LogP) is 3.59. The minimum absolute atomic E-state index is 0.123. The lowest BCUT2D eigenvalue weighted by molar-refractivity contribution is -0.156. The SMILES string of the molecule is CCCC/C=C1\C=C(C)CC1(C(C)=O)C(=O)OCC. The molecular formula is C16H24O3. The molecule has 1 rings (SSSR count). The zero-order valence-electron chi connectivity index (χ0n) is 12.4. The third-order valence-electron chi connectivity index (χ3n) is 3.59. The van der Waals surface area contributed by atoms with Gasteiger partial charge in [0.2, 0.25) is 0 Å². The average Bonchev–Trinajstić information content (AvgIpc) is 2.68. The molecule has 1 aliphatic rings. The Balaban J connectivity index is 3.11. The van der Waals surface area contributed by atoms with Crippen LogP contribution in [0.2, 0.25) is 0 Å². The van der Waals surface area contributed by atoms with Gasteiger partial charge >= 0.3 is 5.97 Å². The van der Waals surface area contributed by atoms with Crippen molar-refractivity contribution in [3.63, 3.8) is 0 Å². The van der Waals surface area contributed by atoms with Crippen LogP contribution in [0.5, 0.6) is 0 Å². The Kier molecular flexibility index (Phi) is 5.52. The van der Waals surface area contributed by atoms with Crippen molar-refractivity contribution in [3.8, 4) is 0 Å². The van der Waals surface area contributed by atoms with Crippen LogP contribution in [0.1, 0.15) is 53.4 Å². The van der Waals surface area contributed by atoms with Crippen LogP contribution >= 0.6 is 0 Å². The monoisotopic (exact) mass is 264 g/mol. The maximum absolute atomic E-state index is 12.3. The molecule has 3 heteroatoms. The molecule has 0 radical (unpaired) electrons. The van der Waals surface area contributed by atoms with Crippen molar-refractivity contribution in [2.24, 2.45) is 5.41 Å². The van der Waals surface area contributed by atoms with Crippen molar-refractivity contribution >= 4 is 11.8 Å². The van der Waals surface area contributed by atoms with Gasteiger partial charge in [-0.1, -0.05) is 37.5 Å². The van der Waals surface area contributed by atoms with Crippen LogP contribution in [0.25, 0.3) is 0 Å². The fourth-order valence-electron chi connectivity index (χ4n) is 2.57. The van der Waals surface area contributed by atoms with Crippen molar-refractivity contribution in [2.75, 3.05) is 6.61 Å². The summed E-state index contributed by atoms with van der Waals surface area (Å²) in [5, 5.41) is 0. The first-order valence-corrected chi connectivity index (χ1v) is 7.05. The van der Waals surface area contributed by atoms with E-state index in [4.69, 9.17) is 4.74 Å². The molecule has 0 saturated heterocycles. The van der Waals surface area contributed by atoms with Crippen molar-refractivity contribution in [1.82, 2.24) is 0 Å². The minimum atomic E-state index is -1.09. The number of ketones is 1. The summed E-state index contributed by atoms with van der Waals surface area (Å²) >= 11 is 0. The first-order valence-electron chi connectivity index (χ1n) is 7.05. The van der Waals surface area contributed by atoms with E-state index in [0.29, 0.717) is 13.0 Å². The van der Waals surface area contributed by atoms with Gasteiger partial charge in [0, 0.05) is 0 Å². The summed E-state index contributed by atoms with van der Waals surface area (Å²) in [5.74, 6) is -0.528. The molecule has 0 bridgehead atoms. The molecule has 1 atom stereocenters. The van der Waals surface area contributed by atoms with Crippen LogP contribution in [0.15, 0.2) is 23.3 Å². The summed E-state index contributed by atoms with van der Waals surface area (Å²) in [4.78, 5) is 24.4. The second kappa shape index (κ2) is 6.69. The van der Waals surface area contributed by atoms with Gasteiger partial charge in [-0.25, -0.2) is 0 Å². The molecule has 0 saturated carbocycles. The van der Waals surface area contributed by atoms with Gasteiger partial charge in [0.05, 0.1) is 6.61 Å². The highest BCUT2D eigenvalue weighted by molar-refractivity contribution is 6.07. The lowest BCUT2D eigenvalue weighted by Crippen LogP contribution is -2.39. The molecule has 0 aromatic carbocycles. The molecule has 0 amide bonds. The standard InChI is InChI=1S/C16H24O3/c1-5-7-8-9-14-10-12(3)11-16(14,13(4)17)15(18)19-6-2/h9-10H,5-8,11H2,1-4H3/b14-9+. The highest BCUT2D eigenvalue weighted by Gasteiger charge is 2.50. The summed E-state index contributed by atoms with van der Waals surface area (Å²) in [7, 11) is 0. The van der Waals surface area contributed by atoms with E-state index in [1.54, 1.807) is 6.92 Å². The quantitative estimate of drug-likeness (QED) is 0.418. The van der Waals surface area contributed by atoms with Gasteiger partial charge in [0.1, 0.15) is 0 Å². The third kappa shape index (κ3) is 3.14. The highest BCUT2D eigenvalue weighted by atomic mass is 16.5. The normalized spacial score (nSPS) is 24.4. The molecule has 19 heavy (non-hydrogen) atoms. The van der Waals surface area contributed by atoms with Crippen molar-refractivity contribution in [1.29, 1.82) is 0 Å². The number of rotatable bonds is 6. The Labute approximate surface area is 115 Å². The molecule has 0 aromatic heterocycles. The molecule has 0 N–H and O–H groups in total. The molecule has 0 fully saturated rings. The van der Waals surface area contributed by atoms with Gasteiger partial charge in [-0.05, 0) is 39.2 Å². The van der Waals surface area contributed by atoms with E-state index in [2.05, 4.69) is 6.92 Å². The van der Waals surface area contributed by atoms with E-state index < -0.39 is 11.4 Å². The average molecular weight is 264 g/mol. The van der Waals surface area contributed by atoms with Crippen LogP contribution in [-0.2, 0) is 14.3 Å². The largest absolute Gasteiger partial charge is 0.465 e. The number of unbranched alkanes of at least 4 members (excludes halogenated alkanes) is 2. The van der Waals surface area contributed by atoms with Crippen LogP contribution in [-0.4, -0.2) is 18.4 Å². The van der Waals surface area contributed by atoms with Crippen LogP contribution in [0, 0.1) is 5.41 Å². The number of hydrogen-bond acceptors (Lipinski definition) is 3. The number of carbonyl (C=O) groups excluding carboxylic acids is 2. The lowest BCUT2D eigenvalue weighted by Gasteiger charge is -2.26. The lowest BCUT2D eigenvalue weighted by atomic mass is 9.77. The van der Waals surface area contributed by atoms with E-state index >= 15 is 0 Å². The molecule has 0 spiro atoms. The maximum Gasteiger partial charge on any atom is 0.324 e. The van der Waals surface area contributed by atoms with Gasteiger partial charge in [0.15, 0.2) is 11.2 Å². The van der Waals surface area contributed by atoms with Gasteiger partial charge in [0.25, 0.3) is 0 Å². The number of esters is 1. The second-order valence-electron chi connectivity index (χ2n) is 5.15. The van der Waals surface area contributed by atoms with Crippen LogP contribution in [0.3, 0.4) is 0 Å². The molecule has 1 aliphatic carbocycles. The van der Waals surface area contributed by atoms with Crippen LogP contribution in [0.4, 0.5) is 0 Å². The Hall–Kier alpha value is -1.38. The minimum Gasteiger partial charge on any atom is -0.465 e. The maximum atomic E-state index is 12.3. The second-order valence-corrected chi connectivity index (χ2v) is 5.15. The molecule has 0 heterocycles. The number of Topliss-reactive ketones (excluding diaryl/α,β-unsaturated/α-hetero) is 1. The zero-order valence-corrected chi connectivity index (χ0v) is 12.4. The van der Waals surface area contributed by atoms with E-state index in [0.717, 1.165) is 30.4 Å². The topological polar surface area (TPSA) is 43.4 Å². The summed E-state index contributed by atoms with van der Waals surface area (Å²) in [6.45, 7) is 7.63. The molecule has 1 unspecified atom stereocenters.